The van der Waals surface area contributed by atoms with Gasteiger partial charge in [-0.3, -0.25) is 9.69 Å². The van der Waals surface area contributed by atoms with E-state index < -0.39 is 5.97 Å². The van der Waals surface area contributed by atoms with Crippen LogP contribution in [0.5, 0.6) is 0 Å². The molecule has 2 saturated heterocycles. The summed E-state index contributed by atoms with van der Waals surface area (Å²) in [6.07, 6.45) is 2.05. The van der Waals surface area contributed by atoms with Crippen molar-refractivity contribution in [3.05, 3.63) is 0 Å². The van der Waals surface area contributed by atoms with Gasteiger partial charge in [0.05, 0.1) is 11.5 Å². The lowest BCUT2D eigenvalue weighted by Crippen LogP contribution is -2.57. The molecule has 2 aliphatic heterocycles. The van der Waals surface area contributed by atoms with Gasteiger partial charge >= 0.3 is 5.97 Å². The van der Waals surface area contributed by atoms with Crippen molar-refractivity contribution in [2.24, 2.45) is 5.92 Å². The SMILES string of the molecule is CC1(C)CC(N2CC(C(=O)O)C2)CCO1. The summed E-state index contributed by atoms with van der Waals surface area (Å²) in [6, 6.07) is 0.518. The number of carboxylic acid groups (broad SMARTS) is 1. The van der Waals surface area contributed by atoms with Crippen LogP contribution in [0.15, 0.2) is 0 Å². The highest BCUT2D eigenvalue weighted by Crippen LogP contribution is 2.31. The fourth-order valence-corrected chi connectivity index (χ4v) is 2.48. The lowest BCUT2D eigenvalue weighted by molar-refractivity contribution is -0.152. The molecule has 0 spiro atoms. The maximum absolute atomic E-state index is 10.7. The summed E-state index contributed by atoms with van der Waals surface area (Å²) in [5.41, 5.74) is -0.0444. The topological polar surface area (TPSA) is 49.8 Å². The first-order chi connectivity index (χ1) is 6.98. The fraction of sp³-hybridized carbons (Fsp3) is 0.909. The molecule has 0 aromatic carbocycles. The zero-order chi connectivity index (χ0) is 11.1. The molecule has 2 heterocycles. The molecule has 2 rings (SSSR count). The molecular formula is C11H19NO3. The number of aliphatic carboxylic acids is 1. The van der Waals surface area contributed by atoms with Crippen LogP contribution in [0.3, 0.4) is 0 Å². The van der Waals surface area contributed by atoms with E-state index >= 15 is 0 Å². The first kappa shape index (κ1) is 10.9. The summed E-state index contributed by atoms with van der Waals surface area (Å²) >= 11 is 0. The quantitative estimate of drug-likeness (QED) is 0.742. The molecule has 0 aromatic heterocycles. The van der Waals surface area contributed by atoms with E-state index in [1.165, 1.54) is 0 Å². The molecule has 1 N–H and O–H groups in total. The minimum Gasteiger partial charge on any atom is -0.481 e. The maximum Gasteiger partial charge on any atom is 0.309 e. The third-order valence-corrected chi connectivity index (χ3v) is 3.45. The van der Waals surface area contributed by atoms with Crippen molar-refractivity contribution < 1.29 is 14.6 Å². The van der Waals surface area contributed by atoms with Crippen LogP contribution in [0.1, 0.15) is 26.7 Å². The molecule has 2 aliphatic rings. The van der Waals surface area contributed by atoms with Gasteiger partial charge in [0.25, 0.3) is 0 Å². The van der Waals surface area contributed by atoms with Gasteiger partial charge in [-0.15, -0.1) is 0 Å². The average Bonchev–Trinajstić information content (AvgIpc) is 1.97. The minimum absolute atomic E-state index is 0.0444. The van der Waals surface area contributed by atoms with Crippen LogP contribution >= 0.6 is 0 Å². The van der Waals surface area contributed by atoms with Crippen LogP contribution < -0.4 is 0 Å². The summed E-state index contributed by atoms with van der Waals surface area (Å²) in [5.74, 6) is -0.798. The molecule has 0 radical (unpaired) electrons. The molecular weight excluding hydrogens is 194 g/mol. The Hall–Kier alpha value is -0.610. The highest BCUT2D eigenvalue weighted by atomic mass is 16.5. The summed E-state index contributed by atoms with van der Waals surface area (Å²) < 4.78 is 5.65. The number of likely N-dealkylation sites (tertiary alicyclic amines) is 1. The molecule has 1 atom stereocenters. The molecule has 0 amide bonds. The van der Waals surface area contributed by atoms with Crippen LogP contribution in [0.25, 0.3) is 0 Å². The van der Waals surface area contributed by atoms with E-state index in [9.17, 15) is 4.79 Å². The smallest absolute Gasteiger partial charge is 0.309 e. The number of ether oxygens (including phenoxy) is 1. The Morgan fingerprint density at radius 2 is 2.13 bits per heavy atom. The molecule has 1 unspecified atom stereocenters. The third kappa shape index (κ3) is 2.32. The summed E-state index contributed by atoms with van der Waals surface area (Å²) in [6.45, 7) is 6.44. The van der Waals surface area contributed by atoms with Crippen molar-refractivity contribution in [2.75, 3.05) is 19.7 Å². The molecule has 2 fully saturated rings. The van der Waals surface area contributed by atoms with Gasteiger partial charge in [0.1, 0.15) is 0 Å². The lowest BCUT2D eigenvalue weighted by Gasteiger charge is -2.47. The summed E-state index contributed by atoms with van der Waals surface area (Å²) in [7, 11) is 0. The van der Waals surface area contributed by atoms with Gasteiger partial charge in [-0.25, -0.2) is 0 Å². The van der Waals surface area contributed by atoms with Gasteiger partial charge in [0.15, 0.2) is 0 Å². The first-order valence-corrected chi connectivity index (χ1v) is 5.59. The van der Waals surface area contributed by atoms with E-state index in [1.54, 1.807) is 0 Å². The Kier molecular flexibility index (Phi) is 2.73. The summed E-state index contributed by atoms with van der Waals surface area (Å²) in [4.78, 5) is 13.0. The zero-order valence-corrected chi connectivity index (χ0v) is 9.40. The van der Waals surface area contributed by atoms with Crippen LogP contribution in [0.4, 0.5) is 0 Å². The predicted molar refractivity (Wildman–Crippen MR) is 55.8 cm³/mol. The molecule has 15 heavy (non-hydrogen) atoms. The number of hydrogen-bond donors (Lipinski definition) is 1. The average molecular weight is 213 g/mol. The molecule has 4 heteroatoms. The van der Waals surface area contributed by atoms with Gasteiger partial charge < -0.3 is 9.84 Å². The Morgan fingerprint density at radius 3 is 2.67 bits per heavy atom. The number of rotatable bonds is 2. The maximum atomic E-state index is 10.7. The summed E-state index contributed by atoms with van der Waals surface area (Å²) in [5, 5.41) is 8.80. The van der Waals surface area contributed by atoms with Crippen LogP contribution in [-0.2, 0) is 9.53 Å². The standard InChI is InChI=1S/C11H19NO3/c1-11(2)5-9(3-4-15-11)12-6-8(7-12)10(13)14/h8-9H,3-7H2,1-2H3,(H,13,14). The van der Waals surface area contributed by atoms with E-state index in [0.717, 1.165) is 32.5 Å². The molecule has 0 saturated carbocycles. The number of carbonyl (C=O) groups is 1. The van der Waals surface area contributed by atoms with E-state index in [0.29, 0.717) is 6.04 Å². The van der Waals surface area contributed by atoms with Gasteiger partial charge in [0.2, 0.25) is 0 Å². The van der Waals surface area contributed by atoms with Crippen LogP contribution in [0.2, 0.25) is 0 Å². The van der Waals surface area contributed by atoms with E-state index in [1.807, 2.05) is 0 Å². The second-order valence-corrected chi connectivity index (χ2v) is 5.24. The predicted octanol–water partition coefficient (Wildman–Crippen LogP) is 0.960. The van der Waals surface area contributed by atoms with Crippen molar-refractivity contribution in [3.63, 3.8) is 0 Å². The highest BCUT2D eigenvalue weighted by Gasteiger charge is 2.40. The van der Waals surface area contributed by atoms with Crippen LogP contribution in [0, 0.1) is 5.92 Å². The molecule has 4 nitrogen and oxygen atoms in total. The van der Waals surface area contributed by atoms with Crippen molar-refractivity contribution in [1.82, 2.24) is 4.90 Å². The van der Waals surface area contributed by atoms with E-state index in [-0.39, 0.29) is 11.5 Å². The molecule has 86 valence electrons. The van der Waals surface area contributed by atoms with E-state index in [2.05, 4.69) is 18.7 Å². The van der Waals surface area contributed by atoms with Crippen LogP contribution in [-0.4, -0.2) is 47.3 Å². The second-order valence-electron chi connectivity index (χ2n) is 5.24. The van der Waals surface area contributed by atoms with Gasteiger partial charge in [-0.2, -0.15) is 0 Å². The van der Waals surface area contributed by atoms with Crippen molar-refractivity contribution in [3.8, 4) is 0 Å². The normalized spacial score (nSPS) is 32.3. The zero-order valence-electron chi connectivity index (χ0n) is 9.40. The van der Waals surface area contributed by atoms with Crippen molar-refractivity contribution in [2.45, 2.75) is 38.3 Å². The van der Waals surface area contributed by atoms with Crippen molar-refractivity contribution >= 4 is 5.97 Å². The monoisotopic (exact) mass is 213 g/mol. The minimum atomic E-state index is -0.655. The molecule has 0 aliphatic carbocycles. The number of carboxylic acids is 1. The lowest BCUT2D eigenvalue weighted by atomic mass is 9.88. The Bertz CT molecular complexity index is 259. The number of hydrogen-bond acceptors (Lipinski definition) is 3. The van der Waals surface area contributed by atoms with Gasteiger partial charge in [-0.05, 0) is 26.7 Å². The second kappa shape index (κ2) is 3.76. The van der Waals surface area contributed by atoms with Crippen molar-refractivity contribution in [1.29, 1.82) is 0 Å². The third-order valence-electron chi connectivity index (χ3n) is 3.45. The van der Waals surface area contributed by atoms with E-state index in [4.69, 9.17) is 9.84 Å². The first-order valence-electron chi connectivity index (χ1n) is 5.59. The number of nitrogens with zero attached hydrogens (tertiary/aromatic N) is 1. The Balaban J connectivity index is 1.84. The Morgan fingerprint density at radius 1 is 1.47 bits per heavy atom. The molecule has 0 bridgehead atoms. The fourth-order valence-electron chi connectivity index (χ4n) is 2.48. The largest absolute Gasteiger partial charge is 0.481 e. The Labute approximate surface area is 90.2 Å². The highest BCUT2D eigenvalue weighted by molar-refractivity contribution is 5.71. The van der Waals surface area contributed by atoms with Gasteiger partial charge in [0, 0.05) is 25.7 Å². The van der Waals surface area contributed by atoms with Gasteiger partial charge in [-0.1, -0.05) is 0 Å². The molecule has 0 aromatic rings.